The predicted molar refractivity (Wildman–Crippen MR) is 294 cm³/mol. The number of carboxylic acids is 2. The van der Waals surface area contributed by atoms with E-state index in [9.17, 15) is 9.59 Å². The van der Waals surface area contributed by atoms with Crippen molar-refractivity contribution in [1.82, 2.24) is 0 Å². The van der Waals surface area contributed by atoms with Crippen LogP contribution in [-0.4, -0.2) is 22.2 Å². The van der Waals surface area contributed by atoms with Crippen LogP contribution in [0.4, 0.5) is 0 Å². The van der Waals surface area contributed by atoms with Crippen LogP contribution in [0, 0.1) is 0 Å². The Labute approximate surface area is 414 Å². The highest BCUT2D eigenvalue weighted by Gasteiger charge is 2.15. The number of carbonyl (C=O) groups is 2. The van der Waals surface area contributed by atoms with Crippen molar-refractivity contribution in [2.45, 2.75) is 207 Å². The van der Waals surface area contributed by atoms with Gasteiger partial charge in [0.25, 0.3) is 0 Å². The number of allylic oxidation sites excluding steroid dienone is 24. The number of hydrogen-bond acceptors (Lipinski definition) is 2. The monoisotopic (exact) mass is 923 g/mol. The quantitative estimate of drug-likeness (QED) is 0.0754. The van der Waals surface area contributed by atoms with E-state index >= 15 is 0 Å². The van der Waals surface area contributed by atoms with Crippen LogP contribution in [0.2, 0.25) is 0 Å². The predicted octanol–water partition coefficient (Wildman–Crippen LogP) is 19.7. The molecule has 4 heteroatoms. The van der Waals surface area contributed by atoms with Crippen molar-refractivity contribution in [3.8, 4) is 0 Å². The molecule has 0 saturated carbocycles. The van der Waals surface area contributed by atoms with E-state index in [1.807, 2.05) is 0 Å². The average molecular weight is 923 g/mol. The van der Waals surface area contributed by atoms with E-state index in [-0.39, 0.29) is 11.1 Å². The number of rotatable bonds is 30. The molecule has 4 aliphatic carbocycles. The molecule has 0 aliphatic heterocycles. The Balaban J connectivity index is 0.000000291. The van der Waals surface area contributed by atoms with Gasteiger partial charge < -0.3 is 10.2 Å². The molecule has 0 amide bonds. The molecule has 0 spiro atoms. The number of fused-ring (bicyclic) bond motifs is 2. The van der Waals surface area contributed by atoms with Crippen molar-refractivity contribution in [2.24, 2.45) is 0 Å². The summed E-state index contributed by atoms with van der Waals surface area (Å²) in [7, 11) is 0. The molecule has 0 radical (unpaired) electrons. The van der Waals surface area contributed by atoms with Crippen LogP contribution in [0.1, 0.15) is 228 Å². The molecule has 2 N–H and O–H groups in total. The molecule has 0 unspecified atom stereocenters. The number of benzene rings is 1. The highest BCUT2D eigenvalue weighted by atomic mass is 16.4. The minimum Gasteiger partial charge on any atom is -0.478 e. The van der Waals surface area contributed by atoms with E-state index in [1.54, 1.807) is 0 Å². The van der Waals surface area contributed by atoms with E-state index in [2.05, 4.69) is 125 Å². The second-order valence-electron chi connectivity index (χ2n) is 18.9. The number of carboxylic acid groups (broad SMARTS) is 2. The van der Waals surface area contributed by atoms with Crippen LogP contribution in [0.25, 0.3) is 0 Å². The Morgan fingerprint density at radius 3 is 1.01 bits per heavy atom. The second kappa shape index (κ2) is 37.0. The highest BCUT2D eigenvalue weighted by molar-refractivity contribution is 6.01. The molecule has 4 nitrogen and oxygen atoms in total. The Morgan fingerprint density at radius 1 is 0.368 bits per heavy atom. The van der Waals surface area contributed by atoms with Crippen molar-refractivity contribution in [3.05, 3.63) is 177 Å². The molecule has 1 aromatic rings. The third-order valence-corrected chi connectivity index (χ3v) is 13.1. The number of hydrogen-bond donors (Lipinski definition) is 2. The molecule has 4 aliphatic rings. The fourth-order valence-corrected chi connectivity index (χ4v) is 9.10. The minimum absolute atomic E-state index is 0.190. The van der Waals surface area contributed by atoms with Gasteiger partial charge >= 0.3 is 11.9 Å². The lowest BCUT2D eigenvalue weighted by Gasteiger charge is -2.10. The zero-order valence-corrected chi connectivity index (χ0v) is 43.1. The fraction of sp³-hybridized carbons (Fsp3) is 0.500. The summed E-state index contributed by atoms with van der Waals surface area (Å²) in [6, 6.07) is 5.48. The summed E-state index contributed by atoms with van der Waals surface area (Å²) in [5.41, 5.74) is 11.3. The molecule has 0 saturated heterocycles. The van der Waals surface area contributed by atoms with Crippen LogP contribution in [-0.2, 0) is 0 Å². The summed E-state index contributed by atoms with van der Waals surface area (Å²) >= 11 is 0. The maximum Gasteiger partial charge on any atom is 0.336 e. The second-order valence-corrected chi connectivity index (χ2v) is 18.9. The lowest BCUT2D eigenvalue weighted by atomic mass is 9.95. The molecule has 370 valence electrons. The average Bonchev–Trinajstić information content (AvgIpc) is 3.84. The third kappa shape index (κ3) is 23.9. The minimum atomic E-state index is -1.23. The summed E-state index contributed by atoms with van der Waals surface area (Å²) in [5, 5.41) is 17.1. The van der Waals surface area contributed by atoms with Crippen molar-refractivity contribution in [3.63, 3.8) is 0 Å². The molecule has 0 heterocycles. The van der Waals surface area contributed by atoms with Gasteiger partial charge in [0, 0.05) is 0 Å². The van der Waals surface area contributed by atoms with Crippen molar-refractivity contribution >= 4 is 11.9 Å². The number of unbranched alkanes of at least 4 members (excludes halogenated alkanes) is 20. The maximum absolute atomic E-state index is 10.5. The van der Waals surface area contributed by atoms with E-state index in [0.29, 0.717) is 0 Å². The van der Waals surface area contributed by atoms with Gasteiger partial charge in [0.15, 0.2) is 0 Å². The van der Waals surface area contributed by atoms with Gasteiger partial charge in [-0.15, -0.1) is 0 Å². The van der Waals surface area contributed by atoms with E-state index < -0.39 is 11.9 Å². The first-order chi connectivity index (χ1) is 33.3. The zero-order chi connectivity index (χ0) is 48.9. The number of aromatic carboxylic acids is 2. The molecule has 0 aromatic heterocycles. The molecule has 68 heavy (non-hydrogen) atoms. The van der Waals surface area contributed by atoms with Gasteiger partial charge in [-0.2, -0.15) is 0 Å². The SMILES string of the molecule is CCCCCCCCC1=CC=CC2=C(CCCCCCCC)C=CC=CC2=C1.CCCCCCCCC1=CC=CC2=C(CCCCCCCC)C=CC=CC2=C1.O=C(O)c1ccccc1C(=O)O. The standard InChI is InChI=1S/2C28H42.C8H6O4/c2*1-3-5-7-9-11-13-18-25-19-17-23-28-26(20-14-12-10-8-6-4-2)21-15-16-22-27(28)24-25;9-7(10)5-3-1-2-4-6(5)8(11)12/h2*15-17,19,21-24H,3-14,18,20H2,1-2H3;1-4H,(H,9,10)(H,11,12). The molecule has 5 rings (SSSR count). The summed E-state index contributed by atoms with van der Waals surface area (Å²) in [4.78, 5) is 20.9. The molecule has 0 fully saturated rings. The van der Waals surface area contributed by atoms with Gasteiger partial charge in [0.2, 0.25) is 0 Å². The Hall–Kier alpha value is -4.96. The Morgan fingerprint density at radius 2 is 0.676 bits per heavy atom. The molecular weight excluding hydrogens is 833 g/mol. The molecular formula is C64H90O4. The van der Waals surface area contributed by atoms with Gasteiger partial charge in [-0.25, -0.2) is 9.59 Å². The van der Waals surface area contributed by atoms with Crippen molar-refractivity contribution in [1.29, 1.82) is 0 Å². The van der Waals surface area contributed by atoms with E-state index in [0.717, 1.165) is 0 Å². The van der Waals surface area contributed by atoms with Crippen LogP contribution in [0.15, 0.2) is 166 Å². The largest absolute Gasteiger partial charge is 0.478 e. The van der Waals surface area contributed by atoms with E-state index in [4.69, 9.17) is 10.2 Å². The summed E-state index contributed by atoms with van der Waals surface area (Å²) in [5.74, 6) is -2.46. The van der Waals surface area contributed by atoms with Gasteiger partial charge in [-0.05, 0) is 108 Å². The first kappa shape index (κ1) is 57.4. The van der Waals surface area contributed by atoms with Crippen LogP contribution < -0.4 is 0 Å². The topological polar surface area (TPSA) is 74.6 Å². The Kier molecular flexibility index (Phi) is 31.2. The van der Waals surface area contributed by atoms with Crippen molar-refractivity contribution < 1.29 is 19.8 Å². The van der Waals surface area contributed by atoms with Crippen LogP contribution in [0.3, 0.4) is 0 Å². The smallest absolute Gasteiger partial charge is 0.336 e. The fourth-order valence-electron chi connectivity index (χ4n) is 9.10. The van der Waals surface area contributed by atoms with Gasteiger partial charge in [-0.3, -0.25) is 0 Å². The van der Waals surface area contributed by atoms with Gasteiger partial charge in [0.1, 0.15) is 0 Å². The van der Waals surface area contributed by atoms with Crippen molar-refractivity contribution in [2.75, 3.05) is 0 Å². The summed E-state index contributed by atoms with van der Waals surface area (Å²) in [6.07, 6.45) is 74.5. The van der Waals surface area contributed by atoms with E-state index in [1.165, 1.54) is 249 Å². The third-order valence-electron chi connectivity index (χ3n) is 13.1. The zero-order valence-electron chi connectivity index (χ0n) is 43.1. The summed E-state index contributed by atoms with van der Waals surface area (Å²) in [6.45, 7) is 9.15. The van der Waals surface area contributed by atoms with Crippen LogP contribution in [0.5, 0.6) is 0 Å². The molecule has 0 atom stereocenters. The maximum atomic E-state index is 10.5. The first-order valence-electron chi connectivity index (χ1n) is 27.2. The van der Waals surface area contributed by atoms with Crippen LogP contribution >= 0.6 is 0 Å². The molecule has 0 bridgehead atoms. The Bertz CT molecular complexity index is 1880. The first-order valence-corrected chi connectivity index (χ1v) is 27.2. The van der Waals surface area contributed by atoms with Gasteiger partial charge in [0.05, 0.1) is 11.1 Å². The molecule has 1 aromatic carbocycles. The highest BCUT2D eigenvalue weighted by Crippen LogP contribution is 2.31. The van der Waals surface area contributed by atoms with Gasteiger partial charge in [-0.1, -0.05) is 265 Å². The lowest BCUT2D eigenvalue weighted by Crippen LogP contribution is -2.06. The normalized spacial score (nSPS) is 14.8. The summed E-state index contributed by atoms with van der Waals surface area (Å²) < 4.78 is 0. The lowest BCUT2D eigenvalue weighted by molar-refractivity contribution is 0.0651.